The molecular weight excluding hydrogens is 450 g/mol. The molecule has 3 atom stereocenters. The van der Waals surface area contributed by atoms with Crippen molar-refractivity contribution in [3.63, 3.8) is 0 Å². The molecule has 2 fully saturated rings. The normalized spacial score (nSPS) is 23.3. The van der Waals surface area contributed by atoms with E-state index in [4.69, 9.17) is 9.47 Å². The van der Waals surface area contributed by atoms with E-state index in [-0.39, 0.29) is 30.3 Å². The lowest BCUT2D eigenvalue weighted by molar-refractivity contribution is -0.123. The number of para-hydroxylation sites is 2. The Morgan fingerprint density at radius 1 is 1.03 bits per heavy atom. The fraction of sp³-hybridized carbons (Fsp3) is 0.346. The molecule has 3 aromatic rings. The third kappa shape index (κ3) is 3.96. The lowest BCUT2D eigenvalue weighted by Crippen LogP contribution is -2.40. The molecule has 3 N–H and O–H groups in total. The fourth-order valence-corrected chi connectivity index (χ4v) is 4.97. The summed E-state index contributed by atoms with van der Waals surface area (Å²) in [5, 5.41) is 13.5. The van der Waals surface area contributed by atoms with Crippen molar-refractivity contribution >= 4 is 5.91 Å². The maximum Gasteiger partial charge on any atom is 0.330 e. The molecule has 9 heteroatoms. The zero-order chi connectivity index (χ0) is 24.1. The van der Waals surface area contributed by atoms with E-state index in [1.165, 1.54) is 4.57 Å². The van der Waals surface area contributed by atoms with Gasteiger partial charge in [-0.25, -0.2) is 4.79 Å². The molecular formula is C26H25N3O6. The number of benzene rings is 2. The number of aliphatic hydroxyl groups is 1. The van der Waals surface area contributed by atoms with Gasteiger partial charge in [-0.1, -0.05) is 36.4 Å². The minimum absolute atomic E-state index is 0.0752. The molecule has 1 amide bonds. The van der Waals surface area contributed by atoms with Gasteiger partial charge < -0.3 is 19.9 Å². The van der Waals surface area contributed by atoms with E-state index in [9.17, 15) is 19.5 Å². The Kier molecular flexibility index (Phi) is 5.31. The summed E-state index contributed by atoms with van der Waals surface area (Å²) in [6, 6.07) is 14.8. The Labute approximate surface area is 200 Å². The molecule has 1 aromatic heterocycles. The number of aliphatic hydroxyl groups excluding tert-OH is 1. The molecule has 1 saturated carbocycles. The van der Waals surface area contributed by atoms with Gasteiger partial charge in [0.05, 0.1) is 12.0 Å². The summed E-state index contributed by atoms with van der Waals surface area (Å²) in [5.74, 6) is 0.635. The number of amides is 1. The topological polar surface area (TPSA) is 123 Å². The van der Waals surface area contributed by atoms with E-state index < -0.39 is 30.0 Å². The minimum Gasteiger partial charge on any atom is -0.457 e. The Hall–Kier alpha value is -3.69. The number of nitrogens with zero attached hydrogens (tertiary/aromatic N) is 1. The van der Waals surface area contributed by atoms with E-state index >= 15 is 0 Å². The highest BCUT2D eigenvalue weighted by Gasteiger charge is 2.38. The van der Waals surface area contributed by atoms with Crippen LogP contribution in [-0.2, 0) is 9.53 Å². The van der Waals surface area contributed by atoms with Crippen LogP contribution >= 0.6 is 0 Å². The largest absolute Gasteiger partial charge is 0.457 e. The zero-order valence-corrected chi connectivity index (χ0v) is 18.8. The monoisotopic (exact) mass is 475 g/mol. The quantitative estimate of drug-likeness (QED) is 0.520. The molecule has 1 unspecified atom stereocenters. The van der Waals surface area contributed by atoms with Gasteiger partial charge in [0, 0.05) is 35.9 Å². The smallest absolute Gasteiger partial charge is 0.330 e. The number of H-pyrrole nitrogens is 1. The number of carbonyl (C=O) groups excluding carboxylic acids is 1. The van der Waals surface area contributed by atoms with Gasteiger partial charge in [-0.2, -0.15) is 0 Å². The first-order chi connectivity index (χ1) is 17.0. The first-order valence-electron chi connectivity index (χ1n) is 11.8. The Morgan fingerprint density at radius 2 is 1.69 bits per heavy atom. The number of rotatable bonds is 5. The van der Waals surface area contributed by atoms with E-state index in [1.807, 2.05) is 48.5 Å². The molecule has 180 valence electrons. The number of ether oxygens (including phenoxy) is 2. The van der Waals surface area contributed by atoms with Crippen molar-refractivity contribution in [2.24, 2.45) is 0 Å². The molecule has 1 aliphatic carbocycles. The van der Waals surface area contributed by atoms with E-state index in [0.717, 1.165) is 24.0 Å². The highest BCUT2D eigenvalue weighted by molar-refractivity contribution is 5.89. The predicted molar refractivity (Wildman–Crippen MR) is 126 cm³/mol. The standard InChI is InChI=1S/C26H25N3O6/c30-18-11-22(29-13-17(14-9-10-14)24(31)28-26(29)33)35-21(18)12-27-25(32)23-15-5-1-3-7-19(15)34-20-8-4-2-6-16(20)23/h1-8,13-14,18,21-23,30H,9-12H2,(H,27,32)(H,28,31,33)/t18?,21-,22-/m0/s1. The van der Waals surface area contributed by atoms with Crippen LogP contribution in [-0.4, -0.2) is 39.3 Å². The molecule has 0 bridgehead atoms. The van der Waals surface area contributed by atoms with Crippen molar-refractivity contribution in [3.05, 3.63) is 92.3 Å². The average Bonchev–Trinajstić information content (AvgIpc) is 3.63. The summed E-state index contributed by atoms with van der Waals surface area (Å²) in [6.07, 6.45) is 1.27. The van der Waals surface area contributed by atoms with Crippen molar-refractivity contribution in [1.82, 2.24) is 14.9 Å². The second kappa shape index (κ2) is 8.51. The first kappa shape index (κ1) is 21.8. The minimum atomic E-state index is -0.877. The van der Waals surface area contributed by atoms with Gasteiger partial charge in [0.25, 0.3) is 5.56 Å². The molecule has 1 saturated heterocycles. The predicted octanol–water partition coefficient (Wildman–Crippen LogP) is 2.12. The molecule has 0 radical (unpaired) electrons. The summed E-state index contributed by atoms with van der Waals surface area (Å²) in [7, 11) is 0. The van der Waals surface area contributed by atoms with Crippen molar-refractivity contribution in [3.8, 4) is 11.5 Å². The Morgan fingerprint density at radius 3 is 2.34 bits per heavy atom. The van der Waals surface area contributed by atoms with Crippen molar-refractivity contribution in [1.29, 1.82) is 0 Å². The van der Waals surface area contributed by atoms with Crippen LogP contribution in [0.15, 0.2) is 64.3 Å². The second-order valence-corrected chi connectivity index (χ2v) is 9.31. The SMILES string of the molecule is O=C(NC[C@@H]1O[C@H](n2cc(C3CC3)c(=O)[nH]c2=O)CC1O)C1c2ccccc2Oc2ccccc21. The van der Waals surface area contributed by atoms with Crippen LogP contribution in [0.2, 0.25) is 0 Å². The molecule has 2 aliphatic heterocycles. The number of hydrogen-bond donors (Lipinski definition) is 3. The van der Waals surface area contributed by atoms with Crippen LogP contribution in [0.25, 0.3) is 0 Å². The maximum absolute atomic E-state index is 13.4. The summed E-state index contributed by atoms with van der Waals surface area (Å²) in [6.45, 7) is 0.0752. The van der Waals surface area contributed by atoms with Crippen LogP contribution in [0.3, 0.4) is 0 Å². The highest BCUT2D eigenvalue weighted by Crippen LogP contribution is 2.44. The Bertz CT molecular complexity index is 1360. The van der Waals surface area contributed by atoms with Gasteiger partial charge in [0.1, 0.15) is 23.8 Å². The summed E-state index contributed by atoms with van der Waals surface area (Å²) in [4.78, 5) is 40.2. The van der Waals surface area contributed by atoms with Gasteiger partial charge in [-0.15, -0.1) is 0 Å². The molecule has 3 heterocycles. The number of aromatic nitrogens is 2. The highest BCUT2D eigenvalue weighted by atomic mass is 16.5. The number of hydrogen-bond acceptors (Lipinski definition) is 6. The first-order valence-corrected chi connectivity index (χ1v) is 11.8. The molecule has 35 heavy (non-hydrogen) atoms. The van der Waals surface area contributed by atoms with Crippen LogP contribution in [0.5, 0.6) is 11.5 Å². The van der Waals surface area contributed by atoms with Gasteiger partial charge in [0.2, 0.25) is 5.91 Å². The number of nitrogens with one attached hydrogen (secondary N) is 2. The maximum atomic E-state index is 13.4. The second-order valence-electron chi connectivity index (χ2n) is 9.31. The zero-order valence-electron chi connectivity index (χ0n) is 18.8. The summed E-state index contributed by atoms with van der Waals surface area (Å²) < 4.78 is 13.3. The molecule has 0 spiro atoms. The number of fused-ring (bicyclic) bond motifs is 2. The van der Waals surface area contributed by atoms with Crippen LogP contribution in [0.4, 0.5) is 0 Å². The fourth-order valence-electron chi connectivity index (χ4n) is 4.97. The number of carbonyl (C=O) groups is 1. The third-order valence-electron chi connectivity index (χ3n) is 6.95. The summed E-state index contributed by atoms with van der Waals surface area (Å²) >= 11 is 0. The van der Waals surface area contributed by atoms with Crippen LogP contribution < -0.4 is 21.3 Å². The van der Waals surface area contributed by atoms with E-state index in [2.05, 4.69) is 10.3 Å². The van der Waals surface area contributed by atoms with Crippen LogP contribution in [0.1, 0.15) is 54.0 Å². The lowest BCUT2D eigenvalue weighted by Gasteiger charge is -2.28. The third-order valence-corrected chi connectivity index (χ3v) is 6.95. The average molecular weight is 476 g/mol. The van der Waals surface area contributed by atoms with Gasteiger partial charge in [0.15, 0.2) is 0 Å². The number of aromatic amines is 1. The molecule has 9 nitrogen and oxygen atoms in total. The van der Waals surface area contributed by atoms with Crippen molar-refractivity contribution in [2.45, 2.75) is 49.5 Å². The molecule has 2 aromatic carbocycles. The molecule has 3 aliphatic rings. The lowest BCUT2D eigenvalue weighted by atomic mass is 9.87. The van der Waals surface area contributed by atoms with Gasteiger partial charge in [-0.3, -0.25) is 19.1 Å². The van der Waals surface area contributed by atoms with Gasteiger partial charge >= 0.3 is 5.69 Å². The van der Waals surface area contributed by atoms with Gasteiger partial charge in [-0.05, 0) is 30.9 Å². The summed E-state index contributed by atoms with van der Waals surface area (Å²) in [5.41, 5.74) is 1.16. The van der Waals surface area contributed by atoms with Crippen LogP contribution in [0, 0.1) is 0 Å². The molecule has 6 rings (SSSR count). The van der Waals surface area contributed by atoms with Crippen molar-refractivity contribution in [2.75, 3.05) is 6.54 Å². The van der Waals surface area contributed by atoms with E-state index in [0.29, 0.717) is 17.1 Å². The Balaban J connectivity index is 1.19. The van der Waals surface area contributed by atoms with E-state index in [1.54, 1.807) is 6.20 Å². The van der Waals surface area contributed by atoms with Crippen molar-refractivity contribution < 1.29 is 19.4 Å².